The Kier molecular flexibility index (Phi) is 8.73. The van der Waals surface area contributed by atoms with Crippen LogP contribution in [0.4, 0.5) is 0 Å². The molecule has 86 valence electrons. The van der Waals surface area contributed by atoms with E-state index < -0.39 is 0 Å². The fourth-order valence-corrected chi connectivity index (χ4v) is 1.54. The zero-order chi connectivity index (χ0) is 10.9. The van der Waals surface area contributed by atoms with Crippen molar-refractivity contribution < 1.29 is 4.74 Å². The Morgan fingerprint density at radius 3 is 2.43 bits per heavy atom. The van der Waals surface area contributed by atoms with Gasteiger partial charge in [0, 0.05) is 6.54 Å². The lowest BCUT2D eigenvalue weighted by molar-refractivity contribution is -0.000749. The first-order valence-electron chi connectivity index (χ1n) is 5.40. The summed E-state index contributed by atoms with van der Waals surface area (Å²) in [5.74, 6) is 1.28. The van der Waals surface area contributed by atoms with Crippen molar-refractivity contribution in [3.05, 3.63) is 0 Å². The molecule has 0 aromatic rings. The van der Waals surface area contributed by atoms with Crippen LogP contribution in [-0.2, 0) is 4.74 Å². The summed E-state index contributed by atoms with van der Waals surface area (Å²) in [4.78, 5) is 0. The van der Waals surface area contributed by atoms with Crippen molar-refractivity contribution >= 4 is 11.8 Å². The Morgan fingerprint density at radius 1 is 1.14 bits per heavy atom. The average molecular weight is 219 g/mol. The molecule has 2 nitrogen and oxygen atoms in total. The molecule has 0 aliphatic carbocycles. The Balaban J connectivity index is 2.99. The molecule has 0 radical (unpaired) electrons. The number of hydrogen-bond donors (Lipinski definition) is 1. The highest BCUT2D eigenvalue weighted by Gasteiger charge is 2.08. The molecule has 0 saturated heterocycles. The van der Waals surface area contributed by atoms with Gasteiger partial charge in [-0.2, -0.15) is 11.8 Å². The van der Waals surface area contributed by atoms with Gasteiger partial charge in [-0.3, -0.25) is 0 Å². The molecular formula is C11H25NOS. The summed E-state index contributed by atoms with van der Waals surface area (Å²) in [5, 5.41) is 3.38. The predicted octanol–water partition coefficient (Wildman–Crippen LogP) is 2.53. The van der Waals surface area contributed by atoms with E-state index in [4.69, 9.17) is 4.74 Å². The molecule has 0 aliphatic rings. The maximum Gasteiger partial charge on any atom is 0.0599 e. The third-order valence-corrected chi connectivity index (χ3v) is 2.46. The maximum atomic E-state index is 5.59. The third kappa shape index (κ3) is 12.3. The van der Waals surface area contributed by atoms with E-state index in [0.29, 0.717) is 0 Å². The topological polar surface area (TPSA) is 21.3 Å². The van der Waals surface area contributed by atoms with Gasteiger partial charge in [0.1, 0.15) is 0 Å². The smallest absolute Gasteiger partial charge is 0.0599 e. The van der Waals surface area contributed by atoms with E-state index in [9.17, 15) is 0 Å². The second kappa shape index (κ2) is 8.57. The van der Waals surface area contributed by atoms with Gasteiger partial charge in [-0.05, 0) is 52.2 Å². The van der Waals surface area contributed by atoms with Gasteiger partial charge < -0.3 is 10.1 Å². The van der Waals surface area contributed by atoms with E-state index in [0.717, 1.165) is 19.7 Å². The zero-order valence-corrected chi connectivity index (χ0v) is 10.9. The molecule has 0 atom stereocenters. The summed E-state index contributed by atoms with van der Waals surface area (Å²) in [6, 6.07) is 0. The van der Waals surface area contributed by atoms with Crippen LogP contribution in [0.1, 0.15) is 33.6 Å². The van der Waals surface area contributed by atoms with Crippen LogP contribution in [-0.4, -0.2) is 37.3 Å². The fourth-order valence-electron chi connectivity index (χ4n) is 1.05. The minimum Gasteiger partial charge on any atom is -0.375 e. The van der Waals surface area contributed by atoms with Crippen LogP contribution < -0.4 is 5.32 Å². The van der Waals surface area contributed by atoms with Gasteiger partial charge >= 0.3 is 0 Å². The van der Waals surface area contributed by atoms with Crippen LogP contribution in [0.25, 0.3) is 0 Å². The molecular weight excluding hydrogens is 194 g/mol. The summed E-state index contributed by atoms with van der Waals surface area (Å²) >= 11 is 1.92. The second-order valence-corrected chi connectivity index (χ2v) is 5.40. The highest BCUT2D eigenvalue weighted by molar-refractivity contribution is 7.98. The van der Waals surface area contributed by atoms with E-state index in [1.165, 1.54) is 18.6 Å². The van der Waals surface area contributed by atoms with E-state index in [1.807, 2.05) is 11.8 Å². The Hall–Kier alpha value is 0.270. The van der Waals surface area contributed by atoms with Crippen molar-refractivity contribution in [3.8, 4) is 0 Å². The summed E-state index contributed by atoms with van der Waals surface area (Å²) in [6.45, 7) is 9.17. The summed E-state index contributed by atoms with van der Waals surface area (Å²) < 4.78 is 5.59. The van der Waals surface area contributed by atoms with Crippen LogP contribution in [0, 0.1) is 0 Å². The number of rotatable bonds is 8. The van der Waals surface area contributed by atoms with Gasteiger partial charge in [-0.1, -0.05) is 0 Å². The highest BCUT2D eigenvalue weighted by atomic mass is 32.2. The molecule has 0 spiro atoms. The zero-order valence-electron chi connectivity index (χ0n) is 10.1. The molecule has 3 heteroatoms. The van der Waals surface area contributed by atoms with Gasteiger partial charge in [-0.25, -0.2) is 0 Å². The Labute approximate surface area is 93.2 Å². The Bertz CT molecular complexity index is 123. The van der Waals surface area contributed by atoms with Crippen LogP contribution in [0.15, 0.2) is 0 Å². The molecule has 1 N–H and O–H groups in total. The van der Waals surface area contributed by atoms with Crippen molar-refractivity contribution in [1.29, 1.82) is 0 Å². The summed E-state index contributed by atoms with van der Waals surface area (Å²) in [6.07, 6.45) is 4.75. The number of thioether (sulfide) groups is 1. The van der Waals surface area contributed by atoms with E-state index >= 15 is 0 Å². The maximum absolute atomic E-state index is 5.59. The lowest BCUT2D eigenvalue weighted by Gasteiger charge is -2.19. The number of unbranched alkanes of at least 4 members (excludes halogenated alkanes) is 1. The molecule has 0 heterocycles. The number of ether oxygens (including phenoxy) is 1. The molecule has 0 aromatic heterocycles. The molecule has 14 heavy (non-hydrogen) atoms. The molecule has 0 bridgehead atoms. The van der Waals surface area contributed by atoms with E-state index in [1.54, 1.807) is 0 Å². The van der Waals surface area contributed by atoms with Gasteiger partial charge in [0.25, 0.3) is 0 Å². The van der Waals surface area contributed by atoms with Crippen molar-refractivity contribution in [2.45, 2.75) is 39.2 Å². The largest absolute Gasteiger partial charge is 0.375 e. The quantitative estimate of drug-likeness (QED) is 0.634. The highest BCUT2D eigenvalue weighted by Crippen LogP contribution is 2.05. The van der Waals surface area contributed by atoms with Crippen LogP contribution in [0.5, 0.6) is 0 Å². The summed E-state index contributed by atoms with van der Waals surface area (Å²) in [7, 11) is 0. The molecule has 0 aliphatic heterocycles. The minimum atomic E-state index is 0.000526. The molecule has 0 aromatic carbocycles. The number of nitrogens with one attached hydrogen (secondary N) is 1. The van der Waals surface area contributed by atoms with Crippen LogP contribution in [0.3, 0.4) is 0 Å². The van der Waals surface area contributed by atoms with E-state index in [2.05, 4.69) is 32.3 Å². The first-order chi connectivity index (χ1) is 6.56. The molecule has 0 unspecified atom stereocenters. The fraction of sp³-hybridized carbons (Fsp3) is 1.00. The van der Waals surface area contributed by atoms with E-state index in [-0.39, 0.29) is 5.60 Å². The van der Waals surface area contributed by atoms with Crippen LogP contribution >= 0.6 is 11.8 Å². The molecule has 0 saturated carbocycles. The van der Waals surface area contributed by atoms with Crippen molar-refractivity contribution in [1.82, 2.24) is 5.32 Å². The standard InChI is InChI=1S/C11H25NOS/c1-11(2,3)13-9-8-12-7-5-6-10-14-4/h12H,5-10H2,1-4H3. The predicted molar refractivity (Wildman–Crippen MR) is 66.2 cm³/mol. The van der Waals surface area contributed by atoms with Crippen molar-refractivity contribution in [2.75, 3.05) is 31.7 Å². The minimum absolute atomic E-state index is 0.000526. The normalized spacial score (nSPS) is 12.0. The molecule has 0 rings (SSSR count). The Morgan fingerprint density at radius 2 is 1.86 bits per heavy atom. The average Bonchev–Trinajstić information content (AvgIpc) is 2.08. The van der Waals surface area contributed by atoms with Gasteiger partial charge in [0.05, 0.1) is 12.2 Å². The number of hydrogen-bond acceptors (Lipinski definition) is 3. The lowest BCUT2D eigenvalue weighted by atomic mass is 10.2. The first-order valence-corrected chi connectivity index (χ1v) is 6.79. The summed E-state index contributed by atoms with van der Waals surface area (Å²) in [5.41, 5.74) is 0.000526. The van der Waals surface area contributed by atoms with Gasteiger partial charge in [0.15, 0.2) is 0 Å². The molecule has 0 fully saturated rings. The van der Waals surface area contributed by atoms with Crippen molar-refractivity contribution in [2.24, 2.45) is 0 Å². The van der Waals surface area contributed by atoms with Crippen molar-refractivity contribution in [3.63, 3.8) is 0 Å². The second-order valence-electron chi connectivity index (χ2n) is 4.41. The molecule has 0 amide bonds. The van der Waals surface area contributed by atoms with Gasteiger partial charge in [-0.15, -0.1) is 0 Å². The van der Waals surface area contributed by atoms with Crippen LogP contribution in [0.2, 0.25) is 0 Å². The first kappa shape index (κ1) is 14.3. The SMILES string of the molecule is CSCCCCNCCOC(C)(C)C. The monoisotopic (exact) mass is 219 g/mol. The lowest BCUT2D eigenvalue weighted by Crippen LogP contribution is -2.27. The van der Waals surface area contributed by atoms with Gasteiger partial charge in [0.2, 0.25) is 0 Å². The third-order valence-electron chi connectivity index (χ3n) is 1.77.